The molecule has 0 unspecified atom stereocenters. The Kier molecular flexibility index (Phi) is 6.22. The van der Waals surface area contributed by atoms with Gasteiger partial charge in [-0.2, -0.15) is 0 Å². The molecular weight excluding hydrogens is 633 g/mol. The summed E-state index contributed by atoms with van der Waals surface area (Å²) in [4.78, 5) is 0. The molecular formula is C50H30S. The van der Waals surface area contributed by atoms with Crippen molar-refractivity contribution < 1.29 is 0 Å². The van der Waals surface area contributed by atoms with Gasteiger partial charge in [0.25, 0.3) is 0 Å². The van der Waals surface area contributed by atoms with E-state index in [0.29, 0.717) is 0 Å². The molecule has 0 saturated heterocycles. The maximum atomic E-state index is 2.40. The van der Waals surface area contributed by atoms with Gasteiger partial charge in [-0.3, -0.25) is 0 Å². The fraction of sp³-hybridized carbons (Fsp3) is 0. The minimum absolute atomic E-state index is 1.24. The number of hydrogen-bond acceptors (Lipinski definition) is 1. The summed E-state index contributed by atoms with van der Waals surface area (Å²) in [7, 11) is 0. The van der Waals surface area contributed by atoms with Crippen molar-refractivity contribution in [3.8, 4) is 33.4 Å². The van der Waals surface area contributed by atoms with Crippen LogP contribution < -0.4 is 0 Å². The molecule has 0 fully saturated rings. The van der Waals surface area contributed by atoms with Gasteiger partial charge in [-0.1, -0.05) is 164 Å². The van der Waals surface area contributed by atoms with E-state index in [1.54, 1.807) is 0 Å². The molecule has 0 aliphatic heterocycles. The number of rotatable bonds is 3. The lowest BCUT2D eigenvalue weighted by Gasteiger charge is -2.19. The van der Waals surface area contributed by atoms with E-state index in [0.717, 1.165) is 0 Å². The van der Waals surface area contributed by atoms with Gasteiger partial charge in [0.2, 0.25) is 0 Å². The molecule has 1 heteroatoms. The Morgan fingerprint density at radius 2 is 0.843 bits per heavy atom. The van der Waals surface area contributed by atoms with E-state index in [1.165, 1.54) is 107 Å². The van der Waals surface area contributed by atoms with Crippen LogP contribution in [0.5, 0.6) is 0 Å². The quantitative estimate of drug-likeness (QED) is 0.165. The topological polar surface area (TPSA) is 0 Å². The molecule has 0 amide bonds. The van der Waals surface area contributed by atoms with E-state index in [4.69, 9.17) is 0 Å². The lowest BCUT2D eigenvalue weighted by Crippen LogP contribution is -1.92. The van der Waals surface area contributed by atoms with Gasteiger partial charge in [0.05, 0.1) is 0 Å². The monoisotopic (exact) mass is 662 g/mol. The second kappa shape index (κ2) is 11.1. The van der Waals surface area contributed by atoms with E-state index < -0.39 is 0 Å². The molecule has 0 N–H and O–H groups in total. The standard InChI is InChI=1S/C50H30S/c1-2-13-32(14-3-1)48-40-18-8-10-20-42(40)49(43-21-11-9-19-41(43)48)44-27-26-36(38-16-6-7-17-39(38)44)34-23-22-33-29-46-45-25-24-31-12-4-5-15-37(31)50(45)51-47(46)30-35(33)28-34/h1-30H. The highest BCUT2D eigenvalue weighted by Gasteiger charge is 2.19. The van der Waals surface area contributed by atoms with Gasteiger partial charge in [0.15, 0.2) is 0 Å². The van der Waals surface area contributed by atoms with E-state index in [1.807, 2.05) is 11.3 Å². The van der Waals surface area contributed by atoms with Gasteiger partial charge in [-0.15, -0.1) is 11.3 Å². The minimum Gasteiger partial charge on any atom is -0.135 e. The molecule has 0 spiro atoms. The van der Waals surface area contributed by atoms with Gasteiger partial charge < -0.3 is 0 Å². The molecule has 1 aromatic heterocycles. The molecule has 0 radical (unpaired) electrons. The first-order chi connectivity index (χ1) is 25.3. The fourth-order valence-corrected chi connectivity index (χ4v) is 9.79. The zero-order chi connectivity index (χ0) is 33.5. The Balaban J connectivity index is 1.12. The van der Waals surface area contributed by atoms with Crippen LogP contribution >= 0.6 is 11.3 Å². The molecule has 0 saturated carbocycles. The van der Waals surface area contributed by atoms with Crippen molar-refractivity contribution in [2.75, 3.05) is 0 Å². The first-order valence-corrected chi connectivity index (χ1v) is 18.4. The normalized spacial score (nSPS) is 11.9. The van der Waals surface area contributed by atoms with Crippen LogP contribution in [-0.4, -0.2) is 0 Å². The lowest BCUT2D eigenvalue weighted by atomic mass is 9.84. The minimum atomic E-state index is 1.24. The van der Waals surface area contributed by atoms with Gasteiger partial charge in [0, 0.05) is 20.2 Å². The van der Waals surface area contributed by atoms with Gasteiger partial charge in [-0.25, -0.2) is 0 Å². The highest BCUT2D eigenvalue weighted by atomic mass is 32.1. The van der Waals surface area contributed by atoms with Gasteiger partial charge >= 0.3 is 0 Å². The second-order valence-electron chi connectivity index (χ2n) is 13.6. The molecule has 11 aromatic rings. The maximum absolute atomic E-state index is 2.40. The number of hydrogen-bond donors (Lipinski definition) is 0. The summed E-state index contributed by atoms with van der Waals surface area (Å²) in [6.07, 6.45) is 0. The fourth-order valence-electron chi connectivity index (χ4n) is 8.52. The van der Waals surface area contributed by atoms with Crippen LogP contribution in [0.25, 0.3) is 107 Å². The molecule has 1 heterocycles. The Hall–Kier alpha value is -6.28. The largest absolute Gasteiger partial charge is 0.135 e. The predicted octanol–water partition coefficient (Wildman–Crippen LogP) is 14.8. The van der Waals surface area contributed by atoms with Crippen LogP contribution in [0, 0.1) is 0 Å². The summed E-state index contributed by atoms with van der Waals surface area (Å²) in [6.45, 7) is 0. The second-order valence-corrected chi connectivity index (χ2v) is 14.6. The molecule has 0 nitrogen and oxygen atoms in total. The molecule has 11 rings (SSSR count). The van der Waals surface area contributed by atoms with Gasteiger partial charge in [-0.05, 0) is 105 Å². The first kappa shape index (κ1) is 28.5. The van der Waals surface area contributed by atoms with Gasteiger partial charge in [0.1, 0.15) is 0 Å². The van der Waals surface area contributed by atoms with Crippen LogP contribution in [0.4, 0.5) is 0 Å². The van der Waals surface area contributed by atoms with E-state index >= 15 is 0 Å². The summed E-state index contributed by atoms with van der Waals surface area (Å²) in [6, 6.07) is 67.4. The molecule has 236 valence electrons. The zero-order valence-electron chi connectivity index (χ0n) is 27.7. The van der Waals surface area contributed by atoms with E-state index in [9.17, 15) is 0 Å². The van der Waals surface area contributed by atoms with Crippen molar-refractivity contribution in [3.63, 3.8) is 0 Å². The number of fused-ring (bicyclic) bond motifs is 9. The van der Waals surface area contributed by atoms with Crippen LogP contribution in [0.2, 0.25) is 0 Å². The third kappa shape index (κ3) is 4.32. The third-order valence-corrected chi connectivity index (χ3v) is 12.0. The van der Waals surface area contributed by atoms with Crippen molar-refractivity contribution in [1.29, 1.82) is 0 Å². The smallest absolute Gasteiger partial charge is 0.0433 e. The van der Waals surface area contributed by atoms with Crippen molar-refractivity contribution in [2.45, 2.75) is 0 Å². The molecule has 51 heavy (non-hydrogen) atoms. The SMILES string of the molecule is c1ccc(-c2c3ccccc3c(-c3ccc(-c4ccc5cc6c(cc5c4)sc4c5ccccc5ccc64)c4ccccc34)c3ccccc23)cc1. The predicted molar refractivity (Wildman–Crippen MR) is 223 cm³/mol. The Labute approximate surface area is 299 Å². The summed E-state index contributed by atoms with van der Waals surface area (Å²) < 4.78 is 2.71. The molecule has 0 aliphatic carbocycles. The van der Waals surface area contributed by atoms with Crippen molar-refractivity contribution in [3.05, 3.63) is 182 Å². The molecule has 0 bridgehead atoms. The maximum Gasteiger partial charge on any atom is 0.0433 e. The highest BCUT2D eigenvalue weighted by Crippen LogP contribution is 2.47. The van der Waals surface area contributed by atoms with Crippen LogP contribution in [0.1, 0.15) is 0 Å². The Morgan fingerprint density at radius 1 is 0.275 bits per heavy atom. The van der Waals surface area contributed by atoms with Crippen molar-refractivity contribution >= 4 is 85.4 Å². The van der Waals surface area contributed by atoms with E-state index in [-0.39, 0.29) is 0 Å². The average molecular weight is 663 g/mol. The summed E-state index contributed by atoms with van der Waals surface area (Å²) in [5.74, 6) is 0. The van der Waals surface area contributed by atoms with Crippen molar-refractivity contribution in [1.82, 2.24) is 0 Å². The summed E-state index contributed by atoms with van der Waals surface area (Å²) >= 11 is 1.91. The number of thiophene rings is 1. The molecule has 10 aromatic carbocycles. The summed E-state index contributed by atoms with van der Waals surface area (Å²) in [5.41, 5.74) is 7.60. The average Bonchev–Trinajstić information content (AvgIpc) is 3.56. The Bertz CT molecular complexity index is 3130. The lowest BCUT2D eigenvalue weighted by molar-refractivity contribution is 1.65. The molecule has 0 aliphatic rings. The number of benzene rings is 10. The van der Waals surface area contributed by atoms with Crippen molar-refractivity contribution in [2.24, 2.45) is 0 Å². The highest BCUT2D eigenvalue weighted by molar-refractivity contribution is 7.26. The van der Waals surface area contributed by atoms with Crippen LogP contribution in [0.15, 0.2) is 182 Å². The van der Waals surface area contributed by atoms with E-state index in [2.05, 4.69) is 182 Å². The third-order valence-electron chi connectivity index (χ3n) is 10.8. The molecule has 0 atom stereocenters. The van der Waals surface area contributed by atoms with Crippen LogP contribution in [0.3, 0.4) is 0 Å². The first-order valence-electron chi connectivity index (χ1n) is 17.6. The Morgan fingerprint density at radius 3 is 1.57 bits per heavy atom. The van der Waals surface area contributed by atoms with Crippen LogP contribution in [-0.2, 0) is 0 Å². The zero-order valence-corrected chi connectivity index (χ0v) is 28.5. The summed E-state index contributed by atoms with van der Waals surface area (Å²) in [5, 5.41) is 15.5.